The van der Waals surface area contributed by atoms with Crippen LogP contribution >= 0.6 is 0 Å². The van der Waals surface area contributed by atoms with E-state index in [9.17, 15) is 0 Å². The van der Waals surface area contributed by atoms with Gasteiger partial charge in [-0.05, 0) is 84.3 Å². The molecule has 7 aromatic carbocycles. The van der Waals surface area contributed by atoms with E-state index >= 15 is 0 Å². The van der Waals surface area contributed by atoms with Gasteiger partial charge in [0.2, 0.25) is 6.33 Å². The molecule has 338 valence electrons. The molecule has 0 radical (unpaired) electrons. The summed E-state index contributed by atoms with van der Waals surface area (Å²) in [6.07, 6.45) is 5.71. The van der Waals surface area contributed by atoms with Gasteiger partial charge in [-0.1, -0.05) is 183 Å². The average Bonchev–Trinajstić information content (AvgIpc) is 3.83. The van der Waals surface area contributed by atoms with E-state index in [0.29, 0.717) is 18.0 Å². The molecule has 0 fully saturated rings. The molecular formula is C61H56N4OPt-2. The third-order valence-corrected chi connectivity index (χ3v) is 12.7. The van der Waals surface area contributed by atoms with Crippen molar-refractivity contribution in [3.63, 3.8) is 0 Å². The Hall–Kier alpha value is -6.55. The number of aromatic nitrogens is 4. The molecular weight excluding hydrogens is 1000 g/mol. The van der Waals surface area contributed by atoms with Gasteiger partial charge in [0.1, 0.15) is 5.82 Å². The second-order valence-corrected chi connectivity index (χ2v) is 20.7. The standard InChI is InChI=1S/C61H56N4O.Pt/c1-59(2,3)45-30-31-62-57(36-45)65-54-29-26-44(42-18-12-10-13-19-42)34-53(54)52-28-27-50(38-56(52)65)66-49-23-16-22-48(37-49)64-40-63(58-51(24-17-25-55(58)64)43-20-14-11-15-21-43)39-41-32-46(60(4,5)6)35-47(33-41)61(7,8)9;/h10-36H,39H2,1-9H3;/q-2;. The fourth-order valence-electron chi connectivity index (χ4n) is 8.98. The van der Waals surface area contributed by atoms with Gasteiger partial charge in [-0.2, -0.15) is 18.2 Å². The molecule has 0 atom stereocenters. The zero-order valence-electron chi connectivity index (χ0n) is 39.8. The van der Waals surface area contributed by atoms with Crippen molar-refractivity contribution in [2.45, 2.75) is 85.1 Å². The topological polar surface area (TPSA) is 35.9 Å². The molecule has 0 aliphatic rings. The summed E-state index contributed by atoms with van der Waals surface area (Å²) < 4.78 is 13.3. The molecule has 3 heterocycles. The number of imidazole rings is 1. The summed E-state index contributed by atoms with van der Waals surface area (Å²) >= 11 is 0. The van der Waals surface area contributed by atoms with Crippen LogP contribution in [-0.4, -0.2) is 14.1 Å². The van der Waals surface area contributed by atoms with Crippen molar-refractivity contribution in [1.82, 2.24) is 14.1 Å². The van der Waals surface area contributed by atoms with E-state index in [0.717, 1.165) is 61.0 Å². The fourth-order valence-corrected chi connectivity index (χ4v) is 8.98. The van der Waals surface area contributed by atoms with Crippen LogP contribution in [0.15, 0.2) is 164 Å². The molecule has 5 nitrogen and oxygen atoms in total. The summed E-state index contributed by atoms with van der Waals surface area (Å²) in [7, 11) is 0. The third-order valence-electron chi connectivity index (χ3n) is 12.7. The largest absolute Gasteiger partial charge is 0.510 e. The van der Waals surface area contributed by atoms with Crippen molar-refractivity contribution in [3.05, 3.63) is 205 Å². The van der Waals surface area contributed by atoms with E-state index in [1.54, 1.807) is 0 Å². The Bertz CT molecular complexity index is 3380. The van der Waals surface area contributed by atoms with Crippen LogP contribution < -0.4 is 9.30 Å². The molecule has 0 unspecified atom stereocenters. The molecule has 10 rings (SSSR count). The van der Waals surface area contributed by atoms with Crippen molar-refractivity contribution in [2.75, 3.05) is 0 Å². The van der Waals surface area contributed by atoms with Crippen LogP contribution in [0.5, 0.6) is 11.5 Å². The van der Waals surface area contributed by atoms with Crippen LogP contribution in [0.25, 0.3) is 66.6 Å². The third kappa shape index (κ3) is 9.02. The molecule has 0 aliphatic heterocycles. The minimum absolute atomic E-state index is 0. The van der Waals surface area contributed by atoms with E-state index < -0.39 is 0 Å². The van der Waals surface area contributed by atoms with Crippen molar-refractivity contribution in [1.29, 1.82) is 0 Å². The Morgan fingerprint density at radius 2 is 1.19 bits per heavy atom. The molecule has 0 N–H and O–H groups in total. The van der Waals surface area contributed by atoms with Crippen molar-refractivity contribution < 1.29 is 30.4 Å². The van der Waals surface area contributed by atoms with Crippen molar-refractivity contribution in [2.24, 2.45) is 0 Å². The van der Waals surface area contributed by atoms with Gasteiger partial charge in [0, 0.05) is 44.3 Å². The van der Waals surface area contributed by atoms with Gasteiger partial charge >= 0.3 is 0 Å². The van der Waals surface area contributed by atoms with E-state index in [1.807, 2.05) is 24.4 Å². The van der Waals surface area contributed by atoms with Crippen LogP contribution in [0.1, 0.15) is 84.6 Å². The Labute approximate surface area is 410 Å². The average molecular weight is 1060 g/mol. The van der Waals surface area contributed by atoms with Crippen LogP contribution in [0.2, 0.25) is 0 Å². The first-order chi connectivity index (χ1) is 31.6. The van der Waals surface area contributed by atoms with Crippen LogP contribution in [0.4, 0.5) is 0 Å². The number of benzene rings is 7. The predicted molar refractivity (Wildman–Crippen MR) is 271 cm³/mol. The van der Waals surface area contributed by atoms with Gasteiger partial charge < -0.3 is 18.4 Å². The number of rotatable bonds is 8. The Morgan fingerprint density at radius 3 is 1.88 bits per heavy atom. The Balaban J connectivity index is 0.00000562. The van der Waals surface area contributed by atoms with Crippen LogP contribution in [0, 0.1) is 18.5 Å². The van der Waals surface area contributed by atoms with Gasteiger partial charge in [0.25, 0.3) is 0 Å². The summed E-state index contributed by atoms with van der Waals surface area (Å²) in [6, 6.07) is 63.3. The number of pyridine rings is 1. The van der Waals surface area contributed by atoms with E-state index in [1.165, 1.54) is 27.8 Å². The van der Waals surface area contributed by atoms with E-state index in [2.05, 4.69) is 234 Å². The van der Waals surface area contributed by atoms with Gasteiger partial charge in [-0.3, -0.25) is 0 Å². The van der Waals surface area contributed by atoms with Crippen molar-refractivity contribution in [3.8, 4) is 45.3 Å². The SMILES string of the molecule is CC(C)(C)c1cc(C[n+]2[c-]n(-c3[c-]c(Oc4[c-]c5c(cc4)c4cc(-c6ccccc6)ccc4n5-c4cc(C(C)(C)C)ccn4)ccc3)c3cccc(-c4ccccc4)c32)cc(C(C)(C)C)c1.[Pt]. The maximum Gasteiger partial charge on any atom is 0.242 e. The fraction of sp³-hybridized carbons (Fsp3) is 0.213. The number of ether oxygens (including phenoxy) is 1. The molecule has 0 spiro atoms. The summed E-state index contributed by atoms with van der Waals surface area (Å²) in [5.74, 6) is 2.01. The first-order valence-electron chi connectivity index (χ1n) is 23.0. The normalized spacial score (nSPS) is 12.2. The van der Waals surface area contributed by atoms with Gasteiger partial charge in [-0.25, -0.2) is 4.98 Å². The Kier molecular flexibility index (Phi) is 12.0. The Morgan fingerprint density at radius 1 is 0.537 bits per heavy atom. The number of fused-ring (bicyclic) bond motifs is 4. The minimum Gasteiger partial charge on any atom is -0.510 e. The van der Waals surface area contributed by atoms with Gasteiger partial charge in [-0.15, -0.1) is 29.7 Å². The molecule has 0 aliphatic carbocycles. The second-order valence-electron chi connectivity index (χ2n) is 20.7. The zero-order valence-corrected chi connectivity index (χ0v) is 42.1. The molecule has 0 saturated heterocycles. The quantitative estimate of drug-likeness (QED) is 0.112. The number of nitrogens with zero attached hydrogens (tertiary/aromatic N) is 4. The van der Waals surface area contributed by atoms with Crippen LogP contribution in [0.3, 0.4) is 0 Å². The monoisotopic (exact) mass is 1060 g/mol. The van der Waals surface area contributed by atoms with Gasteiger partial charge in [0.05, 0.1) is 17.6 Å². The van der Waals surface area contributed by atoms with E-state index in [4.69, 9.17) is 9.72 Å². The summed E-state index contributed by atoms with van der Waals surface area (Å²) in [4.78, 5) is 4.93. The molecule has 10 aromatic rings. The second kappa shape index (κ2) is 17.6. The number of para-hydroxylation sites is 1. The molecule has 6 heteroatoms. The molecule has 0 saturated carbocycles. The molecule has 0 amide bonds. The number of hydrogen-bond acceptors (Lipinski definition) is 2. The summed E-state index contributed by atoms with van der Waals surface area (Å²) in [6.45, 7) is 21.1. The maximum absolute atomic E-state index is 6.73. The maximum atomic E-state index is 6.73. The first-order valence-corrected chi connectivity index (χ1v) is 23.0. The molecule has 3 aromatic heterocycles. The predicted octanol–water partition coefficient (Wildman–Crippen LogP) is 14.9. The van der Waals surface area contributed by atoms with Gasteiger partial charge in [0.15, 0.2) is 0 Å². The van der Waals surface area contributed by atoms with Crippen LogP contribution in [-0.2, 0) is 43.9 Å². The number of hydrogen-bond donors (Lipinski definition) is 0. The molecule has 67 heavy (non-hydrogen) atoms. The summed E-state index contributed by atoms with van der Waals surface area (Å²) in [5, 5.41) is 2.20. The smallest absolute Gasteiger partial charge is 0.242 e. The van der Waals surface area contributed by atoms with E-state index in [-0.39, 0.29) is 37.3 Å². The zero-order chi connectivity index (χ0) is 46.0. The molecule has 0 bridgehead atoms. The minimum atomic E-state index is -0.0479. The summed E-state index contributed by atoms with van der Waals surface area (Å²) in [5.41, 5.74) is 14.6. The van der Waals surface area contributed by atoms with Crippen molar-refractivity contribution >= 4 is 32.8 Å². The first kappa shape index (κ1) is 45.6.